The summed E-state index contributed by atoms with van der Waals surface area (Å²) in [5.74, 6) is 0.723. The topological polar surface area (TPSA) is 71.8 Å². The second-order valence-electron chi connectivity index (χ2n) is 5.20. The molecule has 1 aromatic carbocycles. The van der Waals surface area contributed by atoms with Crippen molar-refractivity contribution in [3.8, 4) is 0 Å². The molecule has 0 unspecified atom stereocenters. The fourth-order valence-corrected chi connectivity index (χ4v) is 2.60. The van der Waals surface area contributed by atoms with Gasteiger partial charge in [-0.1, -0.05) is 6.07 Å². The van der Waals surface area contributed by atoms with Crippen molar-refractivity contribution in [2.45, 2.75) is 19.3 Å². The molecule has 0 radical (unpaired) electrons. The molecule has 1 aliphatic heterocycles. The zero-order valence-electron chi connectivity index (χ0n) is 12.5. The fourth-order valence-electron chi connectivity index (χ4n) is 2.60. The molecular weight excluding hydrogens is 302 g/mol. The van der Waals surface area contributed by atoms with E-state index >= 15 is 0 Å². The number of nitrogens with zero attached hydrogens (tertiary/aromatic N) is 3. The summed E-state index contributed by atoms with van der Waals surface area (Å²) in [4.78, 5) is 16.5. The summed E-state index contributed by atoms with van der Waals surface area (Å²) in [5.41, 5.74) is 2.98. The van der Waals surface area contributed by atoms with Crippen LogP contribution in [0.5, 0.6) is 0 Å². The van der Waals surface area contributed by atoms with Crippen LogP contribution in [0.2, 0.25) is 0 Å². The van der Waals surface area contributed by atoms with Crippen LogP contribution in [-0.4, -0.2) is 33.8 Å². The number of fused-ring (bicyclic) bond motifs is 1. The molecule has 3 rings (SSSR count). The molecule has 1 aromatic heterocycles. The van der Waals surface area contributed by atoms with E-state index in [2.05, 4.69) is 20.7 Å². The molecule has 0 spiro atoms. The molecule has 1 aliphatic rings. The number of halogens is 1. The summed E-state index contributed by atoms with van der Waals surface area (Å²) in [6.07, 6.45) is 4.32. The van der Waals surface area contributed by atoms with Gasteiger partial charge >= 0.3 is 0 Å². The van der Waals surface area contributed by atoms with Crippen molar-refractivity contribution in [1.82, 2.24) is 20.1 Å². The Balaban J connectivity index is 0.00000176. The summed E-state index contributed by atoms with van der Waals surface area (Å²) in [5, 5.41) is 10.5. The highest BCUT2D eigenvalue weighted by Gasteiger charge is 2.16. The lowest BCUT2D eigenvalue weighted by atomic mass is 9.97. The van der Waals surface area contributed by atoms with Gasteiger partial charge in [-0.05, 0) is 30.5 Å². The van der Waals surface area contributed by atoms with Crippen LogP contribution in [0.3, 0.4) is 0 Å². The zero-order chi connectivity index (χ0) is 14.7. The fraction of sp³-hybridized carbons (Fsp3) is 0.400. The Labute approximate surface area is 135 Å². The Bertz CT molecular complexity index is 655. The number of nitrogens with one attached hydrogen (secondary N) is 2. The second-order valence-corrected chi connectivity index (χ2v) is 5.20. The smallest absolute Gasteiger partial charge is 0.251 e. The Morgan fingerprint density at radius 2 is 2.32 bits per heavy atom. The van der Waals surface area contributed by atoms with Crippen LogP contribution in [0.4, 0.5) is 5.69 Å². The molecule has 22 heavy (non-hydrogen) atoms. The number of amides is 1. The van der Waals surface area contributed by atoms with Crippen molar-refractivity contribution in [2.75, 3.05) is 18.4 Å². The van der Waals surface area contributed by atoms with E-state index in [0.717, 1.165) is 42.0 Å². The van der Waals surface area contributed by atoms with Gasteiger partial charge in [0.1, 0.15) is 6.33 Å². The number of anilines is 1. The Hall–Kier alpha value is -2.08. The summed E-state index contributed by atoms with van der Waals surface area (Å²) in [6, 6.07) is 5.84. The van der Waals surface area contributed by atoms with Crippen LogP contribution in [-0.2, 0) is 19.9 Å². The van der Waals surface area contributed by atoms with E-state index in [1.807, 2.05) is 25.2 Å². The number of carbonyl (C=O) groups excluding carboxylic acids is 1. The molecule has 2 aromatic rings. The molecule has 0 saturated heterocycles. The SMILES string of the molecule is Cl.Cn1cnc(CCNC(=O)c2cccc3c2CCCN3)n1. The third-order valence-electron chi connectivity index (χ3n) is 3.62. The zero-order valence-corrected chi connectivity index (χ0v) is 13.3. The van der Waals surface area contributed by atoms with E-state index < -0.39 is 0 Å². The van der Waals surface area contributed by atoms with Crippen molar-refractivity contribution in [3.63, 3.8) is 0 Å². The van der Waals surface area contributed by atoms with E-state index in [-0.39, 0.29) is 18.3 Å². The molecule has 0 aliphatic carbocycles. The van der Waals surface area contributed by atoms with E-state index in [1.54, 1.807) is 11.0 Å². The summed E-state index contributed by atoms with van der Waals surface area (Å²) in [6.45, 7) is 1.52. The standard InChI is InChI=1S/C15H19N5O.ClH/c1-20-10-18-14(19-20)7-9-17-15(21)12-4-2-6-13-11(12)5-3-8-16-13;/h2,4,6,10,16H,3,5,7-9H2,1H3,(H,17,21);1H. The van der Waals surface area contributed by atoms with Gasteiger partial charge in [0.2, 0.25) is 0 Å². The van der Waals surface area contributed by atoms with Crippen LogP contribution < -0.4 is 10.6 Å². The molecular formula is C15H20ClN5O. The van der Waals surface area contributed by atoms with Crippen molar-refractivity contribution < 1.29 is 4.79 Å². The molecule has 2 N–H and O–H groups in total. The highest BCUT2D eigenvalue weighted by molar-refractivity contribution is 5.97. The van der Waals surface area contributed by atoms with E-state index in [1.165, 1.54) is 0 Å². The van der Waals surface area contributed by atoms with Gasteiger partial charge in [-0.2, -0.15) is 5.10 Å². The van der Waals surface area contributed by atoms with Gasteiger partial charge in [0, 0.05) is 37.8 Å². The maximum absolute atomic E-state index is 12.3. The van der Waals surface area contributed by atoms with Gasteiger partial charge in [-0.15, -0.1) is 12.4 Å². The van der Waals surface area contributed by atoms with E-state index in [4.69, 9.17) is 0 Å². The van der Waals surface area contributed by atoms with Crippen molar-refractivity contribution in [2.24, 2.45) is 7.05 Å². The molecule has 7 heteroatoms. The number of hydrogen-bond donors (Lipinski definition) is 2. The Morgan fingerprint density at radius 1 is 1.45 bits per heavy atom. The largest absolute Gasteiger partial charge is 0.385 e. The van der Waals surface area contributed by atoms with Gasteiger partial charge in [-0.25, -0.2) is 4.98 Å². The van der Waals surface area contributed by atoms with Gasteiger partial charge in [0.05, 0.1) is 0 Å². The molecule has 0 atom stereocenters. The van der Waals surface area contributed by atoms with E-state index in [0.29, 0.717) is 13.0 Å². The van der Waals surface area contributed by atoms with Gasteiger partial charge in [0.25, 0.3) is 5.91 Å². The average Bonchev–Trinajstić information content (AvgIpc) is 2.92. The van der Waals surface area contributed by atoms with Crippen LogP contribution >= 0.6 is 12.4 Å². The summed E-state index contributed by atoms with van der Waals surface area (Å²) < 4.78 is 1.66. The first-order valence-corrected chi connectivity index (χ1v) is 7.22. The first kappa shape index (κ1) is 16.3. The summed E-state index contributed by atoms with van der Waals surface area (Å²) in [7, 11) is 1.83. The van der Waals surface area contributed by atoms with Crippen molar-refractivity contribution in [3.05, 3.63) is 41.5 Å². The lowest BCUT2D eigenvalue weighted by Crippen LogP contribution is -2.28. The van der Waals surface area contributed by atoms with Crippen LogP contribution in [0.15, 0.2) is 24.5 Å². The molecule has 0 bridgehead atoms. The van der Waals surface area contributed by atoms with Gasteiger partial charge in [0.15, 0.2) is 5.82 Å². The highest BCUT2D eigenvalue weighted by atomic mass is 35.5. The maximum Gasteiger partial charge on any atom is 0.251 e. The summed E-state index contributed by atoms with van der Waals surface area (Å²) >= 11 is 0. The number of carbonyl (C=O) groups is 1. The molecule has 118 valence electrons. The number of hydrogen-bond acceptors (Lipinski definition) is 4. The molecule has 1 amide bonds. The normalized spacial score (nSPS) is 12.8. The minimum absolute atomic E-state index is 0. The minimum atomic E-state index is -0.0218. The third kappa shape index (κ3) is 3.57. The first-order chi connectivity index (χ1) is 10.2. The third-order valence-corrected chi connectivity index (χ3v) is 3.62. The lowest BCUT2D eigenvalue weighted by Gasteiger charge is -2.20. The number of rotatable bonds is 4. The predicted molar refractivity (Wildman–Crippen MR) is 87.5 cm³/mol. The predicted octanol–water partition coefficient (Wildman–Crippen LogP) is 1.57. The van der Waals surface area contributed by atoms with Crippen LogP contribution in [0, 0.1) is 0 Å². The van der Waals surface area contributed by atoms with Gasteiger partial charge < -0.3 is 10.6 Å². The van der Waals surface area contributed by atoms with Gasteiger partial charge in [-0.3, -0.25) is 9.48 Å². The quantitative estimate of drug-likeness (QED) is 0.896. The highest BCUT2D eigenvalue weighted by Crippen LogP contribution is 2.25. The number of benzene rings is 1. The monoisotopic (exact) mass is 321 g/mol. The molecule has 2 heterocycles. The Kier molecular flexibility index (Phi) is 5.38. The minimum Gasteiger partial charge on any atom is -0.385 e. The lowest BCUT2D eigenvalue weighted by molar-refractivity contribution is 0.0953. The maximum atomic E-state index is 12.3. The molecule has 0 fully saturated rings. The average molecular weight is 322 g/mol. The first-order valence-electron chi connectivity index (χ1n) is 7.22. The van der Waals surface area contributed by atoms with Crippen LogP contribution in [0.25, 0.3) is 0 Å². The van der Waals surface area contributed by atoms with Crippen molar-refractivity contribution >= 4 is 24.0 Å². The molecule has 0 saturated carbocycles. The van der Waals surface area contributed by atoms with Crippen LogP contribution in [0.1, 0.15) is 28.2 Å². The second kappa shape index (κ2) is 7.26. The number of aryl methyl sites for hydroxylation is 1. The van der Waals surface area contributed by atoms with Crippen molar-refractivity contribution in [1.29, 1.82) is 0 Å². The van der Waals surface area contributed by atoms with E-state index in [9.17, 15) is 4.79 Å². The Morgan fingerprint density at radius 3 is 3.09 bits per heavy atom. The molecule has 6 nitrogen and oxygen atoms in total. The number of aromatic nitrogens is 3.